The molecule has 16 heavy (non-hydrogen) atoms. The van der Waals surface area contributed by atoms with Gasteiger partial charge in [-0.05, 0) is 18.5 Å². The second kappa shape index (κ2) is 5.43. The number of rotatable bonds is 3. The lowest BCUT2D eigenvalue weighted by atomic mass is 10.3. The van der Waals surface area contributed by atoms with E-state index in [1.54, 1.807) is 11.3 Å². The van der Waals surface area contributed by atoms with Crippen LogP contribution in [0.15, 0.2) is 17.5 Å². The van der Waals surface area contributed by atoms with Crippen LogP contribution in [0.3, 0.4) is 0 Å². The number of hydrogen-bond acceptors (Lipinski definition) is 4. The fraction of sp³-hybridized carbons (Fsp3) is 0.545. The van der Waals surface area contributed by atoms with Crippen molar-refractivity contribution in [3.8, 4) is 0 Å². The van der Waals surface area contributed by atoms with E-state index in [9.17, 15) is 4.79 Å². The molecule has 0 aromatic carbocycles. The van der Waals surface area contributed by atoms with Crippen molar-refractivity contribution in [2.75, 3.05) is 33.2 Å². The zero-order chi connectivity index (χ0) is 11.4. The molecule has 5 heteroatoms. The summed E-state index contributed by atoms with van der Waals surface area (Å²) in [5.41, 5.74) is 2.95. The average molecular weight is 239 g/mol. The molecule has 2 heterocycles. The third-order valence-corrected chi connectivity index (χ3v) is 3.58. The molecule has 0 aliphatic carbocycles. The number of likely N-dealkylation sites (N-methyl/N-ethyl adjacent to an activating group) is 1. The normalized spacial score (nSPS) is 18.6. The highest BCUT2D eigenvalue weighted by Gasteiger charge is 2.15. The van der Waals surface area contributed by atoms with Crippen molar-refractivity contribution in [2.45, 2.75) is 6.42 Å². The zero-order valence-corrected chi connectivity index (χ0v) is 10.3. The molecule has 1 amide bonds. The van der Waals surface area contributed by atoms with Gasteiger partial charge in [0.2, 0.25) is 5.91 Å². The van der Waals surface area contributed by atoms with Crippen LogP contribution in [0.1, 0.15) is 4.88 Å². The third-order valence-electron chi connectivity index (χ3n) is 2.70. The van der Waals surface area contributed by atoms with Gasteiger partial charge in [-0.2, -0.15) is 0 Å². The molecule has 0 bridgehead atoms. The number of hydrazine groups is 1. The highest BCUT2D eigenvalue weighted by Crippen LogP contribution is 2.09. The van der Waals surface area contributed by atoms with Gasteiger partial charge in [0.1, 0.15) is 0 Å². The first-order valence-electron chi connectivity index (χ1n) is 5.49. The van der Waals surface area contributed by atoms with Crippen LogP contribution in [0.4, 0.5) is 0 Å². The van der Waals surface area contributed by atoms with Crippen LogP contribution < -0.4 is 5.43 Å². The van der Waals surface area contributed by atoms with Crippen molar-refractivity contribution in [2.24, 2.45) is 0 Å². The molecule has 0 unspecified atom stereocenters. The van der Waals surface area contributed by atoms with Gasteiger partial charge in [0, 0.05) is 31.1 Å². The monoisotopic (exact) mass is 239 g/mol. The van der Waals surface area contributed by atoms with Gasteiger partial charge in [-0.25, -0.2) is 5.01 Å². The molecular formula is C11H17N3OS. The number of amides is 1. The number of thiophene rings is 1. The fourth-order valence-electron chi connectivity index (χ4n) is 1.71. The highest BCUT2D eigenvalue weighted by atomic mass is 32.1. The van der Waals surface area contributed by atoms with Gasteiger partial charge in [0.25, 0.3) is 0 Å². The number of hydrogen-bond donors (Lipinski definition) is 1. The molecule has 0 saturated carbocycles. The maximum Gasteiger partial charge on any atom is 0.239 e. The molecule has 0 atom stereocenters. The van der Waals surface area contributed by atoms with Crippen LogP contribution in [-0.2, 0) is 11.2 Å². The Hall–Kier alpha value is -0.910. The first kappa shape index (κ1) is 11.6. The minimum absolute atomic E-state index is 0.0898. The maximum atomic E-state index is 11.7. The molecule has 1 aliphatic heterocycles. The summed E-state index contributed by atoms with van der Waals surface area (Å²) in [7, 11) is 2.10. The minimum Gasteiger partial charge on any atom is -0.304 e. The second-order valence-corrected chi connectivity index (χ2v) is 5.11. The number of nitrogens with zero attached hydrogens (tertiary/aromatic N) is 2. The van der Waals surface area contributed by atoms with Gasteiger partial charge < -0.3 is 4.90 Å². The Balaban J connectivity index is 1.75. The lowest BCUT2D eigenvalue weighted by Gasteiger charge is -2.32. The third kappa shape index (κ3) is 3.30. The smallest absolute Gasteiger partial charge is 0.239 e. The fourth-order valence-corrected chi connectivity index (χ4v) is 2.41. The van der Waals surface area contributed by atoms with Gasteiger partial charge in [0.05, 0.1) is 6.42 Å². The summed E-state index contributed by atoms with van der Waals surface area (Å²) in [5, 5.41) is 4.01. The van der Waals surface area contributed by atoms with Crippen LogP contribution in [0.5, 0.6) is 0 Å². The highest BCUT2D eigenvalue weighted by molar-refractivity contribution is 7.10. The van der Waals surface area contributed by atoms with Gasteiger partial charge in [-0.15, -0.1) is 11.3 Å². The number of carbonyl (C=O) groups excluding carboxylic acids is 1. The van der Waals surface area contributed by atoms with Crippen molar-refractivity contribution >= 4 is 17.2 Å². The maximum absolute atomic E-state index is 11.7. The molecule has 1 aromatic rings. The van der Waals surface area contributed by atoms with Gasteiger partial charge >= 0.3 is 0 Å². The number of nitrogens with one attached hydrogen (secondary N) is 1. The average Bonchev–Trinajstić information content (AvgIpc) is 2.74. The quantitative estimate of drug-likeness (QED) is 0.837. The summed E-state index contributed by atoms with van der Waals surface area (Å²) in [4.78, 5) is 15.1. The van der Waals surface area contributed by atoms with Gasteiger partial charge in [-0.3, -0.25) is 10.2 Å². The summed E-state index contributed by atoms with van der Waals surface area (Å²) in [5.74, 6) is 0.0898. The SMILES string of the molecule is CN1CCN(NC(=O)Cc2cccs2)CC1. The predicted octanol–water partition coefficient (Wildman–Crippen LogP) is 0.569. The van der Waals surface area contributed by atoms with E-state index in [0.29, 0.717) is 6.42 Å². The van der Waals surface area contributed by atoms with E-state index in [-0.39, 0.29) is 5.91 Å². The Morgan fingerprint density at radius 2 is 2.19 bits per heavy atom. The second-order valence-electron chi connectivity index (χ2n) is 4.08. The number of carbonyl (C=O) groups is 1. The Morgan fingerprint density at radius 3 is 2.81 bits per heavy atom. The van der Waals surface area contributed by atoms with Crippen LogP contribution in [0.2, 0.25) is 0 Å². The molecule has 88 valence electrons. The standard InChI is InChI=1S/C11H17N3OS/c1-13-4-6-14(7-5-13)12-11(15)9-10-3-2-8-16-10/h2-3,8H,4-7,9H2,1H3,(H,12,15). The number of piperazine rings is 1. The van der Waals surface area contributed by atoms with Gasteiger partial charge in [-0.1, -0.05) is 6.07 Å². The van der Waals surface area contributed by atoms with E-state index in [2.05, 4.69) is 17.4 Å². The summed E-state index contributed by atoms with van der Waals surface area (Å²) in [6.07, 6.45) is 0.490. The van der Waals surface area contributed by atoms with Gasteiger partial charge in [0.15, 0.2) is 0 Å². The molecule has 0 radical (unpaired) electrons. The molecule has 2 rings (SSSR count). The summed E-state index contributed by atoms with van der Waals surface area (Å²) in [6, 6.07) is 3.97. The zero-order valence-electron chi connectivity index (χ0n) is 9.48. The first-order chi connectivity index (χ1) is 7.74. The largest absolute Gasteiger partial charge is 0.304 e. The molecule has 4 nitrogen and oxygen atoms in total. The first-order valence-corrected chi connectivity index (χ1v) is 6.37. The lowest BCUT2D eigenvalue weighted by Crippen LogP contribution is -2.52. The van der Waals surface area contributed by atoms with E-state index in [1.165, 1.54) is 0 Å². The van der Waals surface area contributed by atoms with Crippen LogP contribution in [0.25, 0.3) is 0 Å². The molecule has 1 fully saturated rings. The van der Waals surface area contributed by atoms with Crippen LogP contribution >= 0.6 is 11.3 Å². The molecule has 1 aromatic heterocycles. The topological polar surface area (TPSA) is 35.6 Å². The van der Waals surface area contributed by atoms with Crippen LogP contribution in [0, 0.1) is 0 Å². The van der Waals surface area contributed by atoms with E-state index in [1.807, 2.05) is 22.5 Å². The molecule has 1 saturated heterocycles. The Labute approximate surface area is 99.8 Å². The van der Waals surface area contributed by atoms with E-state index < -0.39 is 0 Å². The van der Waals surface area contributed by atoms with Crippen molar-refractivity contribution in [3.63, 3.8) is 0 Å². The van der Waals surface area contributed by atoms with Crippen molar-refractivity contribution < 1.29 is 4.79 Å². The van der Waals surface area contributed by atoms with Crippen molar-refractivity contribution in [1.82, 2.24) is 15.3 Å². The molecule has 0 spiro atoms. The van der Waals surface area contributed by atoms with E-state index in [4.69, 9.17) is 0 Å². The van der Waals surface area contributed by atoms with Crippen molar-refractivity contribution in [1.29, 1.82) is 0 Å². The molecular weight excluding hydrogens is 222 g/mol. The molecule has 1 aliphatic rings. The lowest BCUT2D eigenvalue weighted by molar-refractivity contribution is -0.126. The Bertz CT molecular complexity index is 331. The van der Waals surface area contributed by atoms with E-state index in [0.717, 1.165) is 31.1 Å². The Kier molecular flexibility index (Phi) is 3.93. The van der Waals surface area contributed by atoms with E-state index >= 15 is 0 Å². The summed E-state index contributed by atoms with van der Waals surface area (Å²) >= 11 is 1.63. The summed E-state index contributed by atoms with van der Waals surface area (Å²) in [6.45, 7) is 3.85. The summed E-state index contributed by atoms with van der Waals surface area (Å²) < 4.78 is 0. The predicted molar refractivity (Wildman–Crippen MR) is 65.2 cm³/mol. The minimum atomic E-state index is 0.0898. The molecule has 1 N–H and O–H groups in total. The van der Waals surface area contributed by atoms with Crippen molar-refractivity contribution in [3.05, 3.63) is 22.4 Å². The van der Waals surface area contributed by atoms with Crippen LogP contribution in [-0.4, -0.2) is 49.0 Å². The Morgan fingerprint density at radius 1 is 1.44 bits per heavy atom.